The van der Waals surface area contributed by atoms with Crippen molar-refractivity contribution in [2.75, 3.05) is 36.4 Å². The van der Waals surface area contributed by atoms with Gasteiger partial charge in [-0.3, -0.25) is 9.59 Å². The zero-order valence-corrected chi connectivity index (χ0v) is 16.0. The van der Waals surface area contributed by atoms with Crippen molar-refractivity contribution in [3.8, 4) is 0 Å². The van der Waals surface area contributed by atoms with Crippen LogP contribution in [0.5, 0.6) is 0 Å². The summed E-state index contributed by atoms with van der Waals surface area (Å²) in [5.41, 5.74) is 3.30. The molecule has 1 aliphatic heterocycles. The van der Waals surface area contributed by atoms with Gasteiger partial charge in [-0.2, -0.15) is 0 Å². The molecule has 3 rings (SSSR count). The molecule has 2 heterocycles. The van der Waals surface area contributed by atoms with Crippen LogP contribution >= 0.6 is 0 Å². The molecule has 1 fully saturated rings. The fourth-order valence-corrected chi connectivity index (χ4v) is 3.22. The van der Waals surface area contributed by atoms with Crippen LogP contribution in [0.4, 0.5) is 11.5 Å². The SMILES string of the molecule is Cc1cccc(C(C)C)c1NC(=O)c1cc(N2CCN(C=O)CC2)ncn1. The van der Waals surface area contributed by atoms with Gasteiger partial charge in [0.1, 0.15) is 17.8 Å². The number of piperazine rings is 1. The Morgan fingerprint density at radius 3 is 2.59 bits per heavy atom. The quantitative estimate of drug-likeness (QED) is 0.821. The largest absolute Gasteiger partial charge is 0.353 e. The van der Waals surface area contributed by atoms with Crippen LogP contribution in [-0.2, 0) is 4.79 Å². The molecule has 0 spiro atoms. The first-order chi connectivity index (χ1) is 13.0. The summed E-state index contributed by atoms with van der Waals surface area (Å²) >= 11 is 0. The molecular weight excluding hydrogens is 342 g/mol. The van der Waals surface area contributed by atoms with E-state index in [9.17, 15) is 9.59 Å². The Hall–Kier alpha value is -2.96. The van der Waals surface area contributed by atoms with Crippen molar-refractivity contribution in [2.24, 2.45) is 0 Å². The number of anilines is 2. The maximum Gasteiger partial charge on any atom is 0.274 e. The number of para-hydroxylation sites is 1. The van der Waals surface area contributed by atoms with Crippen LogP contribution in [0, 0.1) is 6.92 Å². The zero-order chi connectivity index (χ0) is 19.4. The molecule has 1 aromatic heterocycles. The van der Waals surface area contributed by atoms with E-state index in [0.717, 1.165) is 23.2 Å². The highest BCUT2D eigenvalue weighted by Crippen LogP contribution is 2.28. The van der Waals surface area contributed by atoms with Crippen LogP contribution in [0.2, 0.25) is 0 Å². The van der Waals surface area contributed by atoms with Crippen molar-refractivity contribution >= 4 is 23.8 Å². The Balaban J connectivity index is 1.78. The number of nitrogens with one attached hydrogen (secondary N) is 1. The molecule has 142 valence electrons. The van der Waals surface area contributed by atoms with Crippen LogP contribution in [0.25, 0.3) is 0 Å². The molecule has 1 aliphatic rings. The summed E-state index contributed by atoms with van der Waals surface area (Å²) in [7, 11) is 0. The first-order valence-corrected chi connectivity index (χ1v) is 9.16. The van der Waals surface area contributed by atoms with Gasteiger partial charge in [0.25, 0.3) is 5.91 Å². The van der Waals surface area contributed by atoms with E-state index in [-0.39, 0.29) is 5.91 Å². The minimum absolute atomic E-state index is 0.249. The van der Waals surface area contributed by atoms with Crippen molar-refractivity contribution in [1.82, 2.24) is 14.9 Å². The fourth-order valence-electron chi connectivity index (χ4n) is 3.22. The van der Waals surface area contributed by atoms with Gasteiger partial charge >= 0.3 is 0 Å². The second-order valence-electron chi connectivity index (χ2n) is 7.04. The standard InChI is InChI=1S/C20H25N5O2/c1-14(2)16-6-4-5-15(3)19(16)23-20(27)17-11-18(22-12-21-17)25-9-7-24(13-26)8-10-25/h4-6,11-14H,7-10H2,1-3H3,(H,23,27). The molecule has 0 radical (unpaired) electrons. The molecule has 2 aromatic rings. The molecule has 0 atom stereocenters. The van der Waals surface area contributed by atoms with Gasteiger partial charge in [0.05, 0.1) is 0 Å². The summed E-state index contributed by atoms with van der Waals surface area (Å²) in [6.07, 6.45) is 2.28. The predicted octanol–water partition coefficient (Wildman–Crippen LogP) is 2.44. The number of amides is 2. The Bertz CT molecular complexity index is 829. The Labute approximate surface area is 159 Å². The molecule has 7 heteroatoms. The lowest BCUT2D eigenvalue weighted by atomic mass is 9.98. The summed E-state index contributed by atoms with van der Waals surface area (Å²) in [4.78, 5) is 35.9. The molecule has 1 saturated heterocycles. The molecule has 2 amide bonds. The summed E-state index contributed by atoms with van der Waals surface area (Å²) in [6.45, 7) is 8.86. The van der Waals surface area contributed by atoms with E-state index < -0.39 is 0 Å². The Kier molecular flexibility index (Phi) is 5.69. The van der Waals surface area contributed by atoms with Gasteiger partial charge in [0.15, 0.2) is 0 Å². The number of benzene rings is 1. The lowest BCUT2D eigenvalue weighted by Crippen LogP contribution is -2.46. The van der Waals surface area contributed by atoms with E-state index in [1.807, 2.05) is 25.1 Å². The maximum atomic E-state index is 12.8. The molecule has 0 saturated carbocycles. The van der Waals surface area contributed by atoms with Crippen LogP contribution < -0.4 is 10.2 Å². The van der Waals surface area contributed by atoms with Crippen molar-refractivity contribution in [2.45, 2.75) is 26.7 Å². The second-order valence-corrected chi connectivity index (χ2v) is 7.04. The highest BCUT2D eigenvalue weighted by atomic mass is 16.2. The first kappa shape index (κ1) is 18.8. The van der Waals surface area contributed by atoms with Crippen LogP contribution in [0.3, 0.4) is 0 Å². The Morgan fingerprint density at radius 2 is 1.93 bits per heavy atom. The van der Waals surface area contributed by atoms with Crippen molar-refractivity contribution in [3.63, 3.8) is 0 Å². The highest BCUT2D eigenvalue weighted by molar-refractivity contribution is 6.04. The number of aryl methyl sites for hydroxylation is 1. The third-order valence-electron chi connectivity index (χ3n) is 4.84. The van der Waals surface area contributed by atoms with E-state index in [0.29, 0.717) is 43.6 Å². The fraction of sp³-hybridized carbons (Fsp3) is 0.400. The normalized spacial score (nSPS) is 14.4. The van der Waals surface area contributed by atoms with Gasteiger partial charge < -0.3 is 15.1 Å². The van der Waals surface area contributed by atoms with E-state index in [1.54, 1.807) is 11.0 Å². The van der Waals surface area contributed by atoms with Crippen molar-refractivity contribution in [1.29, 1.82) is 0 Å². The van der Waals surface area contributed by atoms with Crippen molar-refractivity contribution < 1.29 is 9.59 Å². The monoisotopic (exact) mass is 367 g/mol. The number of aromatic nitrogens is 2. The number of carbonyl (C=O) groups excluding carboxylic acids is 2. The molecule has 0 aliphatic carbocycles. The average molecular weight is 367 g/mol. The molecule has 1 N–H and O–H groups in total. The summed E-state index contributed by atoms with van der Waals surface area (Å²) in [5, 5.41) is 3.02. The third-order valence-corrected chi connectivity index (χ3v) is 4.84. The maximum absolute atomic E-state index is 12.8. The summed E-state index contributed by atoms with van der Waals surface area (Å²) in [5.74, 6) is 0.756. The number of hydrogen-bond donors (Lipinski definition) is 1. The molecular formula is C20H25N5O2. The van der Waals surface area contributed by atoms with Gasteiger partial charge in [-0.1, -0.05) is 32.0 Å². The summed E-state index contributed by atoms with van der Waals surface area (Å²) < 4.78 is 0. The van der Waals surface area contributed by atoms with E-state index in [2.05, 4.69) is 34.0 Å². The van der Waals surface area contributed by atoms with Crippen LogP contribution in [-0.4, -0.2) is 53.4 Å². The molecule has 0 unspecified atom stereocenters. The Morgan fingerprint density at radius 1 is 1.19 bits per heavy atom. The van der Waals surface area contributed by atoms with E-state index in [4.69, 9.17) is 0 Å². The minimum atomic E-state index is -0.249. The lowest BCUT2D eigenvalue weighted by Gasteiger charge is -2.33. The number of carbonyl (C=O) groups is 2. The number of rotatable bonds is 5. The predicted molar refractivity (Wildman–Crippen MR) is 105 cm³/mol. The van der Waals surface area contributed by atoms with Crippen LogP contribution in [0.15, 0.2) is 30.6 Å². The first-order valence-electron chi connectivity index (χ1n) is 9.16. The molecule has 7 nitrogen and oxygen atoms in total. The van der Waals surface area contributed by atoms with Gasteiger partial charge in [-0.05, 0) is 24.0 Å². The highest BCUT2D eigenvalue weighted by Gasteiger charge is 2.19. The topological polar surface area (TPSA) is 78.4 Å². The lowest BCUT2D eigenvalue weighted by molar-refractivity contribution is -0.118. The number of nitrogens with zero attached hydrogens (tertiary/aromatic N) is 4. The van der Waals surface area contributed by atoms with Gasteiger partial charge in [-0.15, -0.1) is 0 Å². The second kappa shape index (κ2) is 8.16. The molecule has 27 heavy (non-hydrogen) atoms. The van der Waals surface area contributed by atoms with Gasteiger partial charge in [-0.25, -0.2) is 9.97 Å². The number of hydrogen-bond acceptors (Lipinski definition) is 5. The third kappa shape index (κ3) is 4.24. The van der Waals surface area contributed by atoms with Crippen molar-refractivity contribution in [3.05, 3.63) is 47.4 Å². The smallest absolute Gasteiger partial charge is 0.274 e. The molecule has 0 bridgehead atoms. The van der Waals surface area contributed by atoms with E-state index >= 15 is 0 Å². The van der Waals surface area contributed by atoms with Crippen LogP contribution in [0.1, 0.15) is 41.4 Å². The zero-order valence-electron chi connectivity index (χ0n) is 16.0. The van der Waals surface area contributed by atoms with Gasteiger partial charge in [0.2, 0.25) is 6.41 Å². The van der Waals surface area contributed by atoms with Gasteiger partial charge in [0, 0.05) is 37.9 Å². The molecule has 1 aromatic carbocycles. The summed E-state index contributed by atoms with van der Waals surface area (Å²) in [6, 6.07) is 7.73. The average Bonchev–Trinajstić information content (AvgIpc) is 2.69. The minimum Gasteiger partial charge on any atom is -0.353 e. The van der Waals surface area contributed by atoms with E-state index in [1.165, 1.54) is 6.33 Å².